The molecular formula is C19H34N4O9-2. The van der Waals surface area contributed by atoms with Crippen LogP contribution in [0.2, 0.25) is 0 Å². The summed E-state index contributed by atoms with van der Waals surface area (Å²) in [6, 6.07) is 0. The lowest BCUT2D eigenvalue weighted by atomic mass is 10.2. The lowest BCUT2D eigenvalue weighted by Crippen LogP contribution is -2.46. The summed E-state index contributed by atoms with van der Waals surface area (Å²) in [5.74, 6) is -3.74. The van der Waals surface area contributed by atoms with Crippen molar-refractivity contribution in [2.45, 2.75) is 26.2 Å². The molecule has 4 N–H and O–H groups in total. The van der Waals surface area contributed by atoms with E-state index < -0.39 is 31.0 Å². The van der Waals surface area contributed by atoms with Crippen molar-refractivity contribution in [2.24, 2.45) is 0 Å². The summed E-state index contributed by atoms with van der Waals surface area (Å²) in [5, 5.41) is 40.1. The van der Waals surface area contributed by atoms with Crippen molar-refractivity contribution in [1.29, 1.82) is 0 Å². The molecule has 0 aliphatic carbocycles. The van der Waals surface area contributed by atoms with Crippen LogP contribution >= 0.6 is 0 Å². The number of rotatable bonds is 21. The van der Waals surface area contributed by atoms with Gasteiger partial charge < -0.3 is 35.7 Å². The SMILES string of the molecule is CCCCCNC(=O)CN(CCN(C[CH-]O[O-])CCN(CC(=O)O)CC(=O)O)CC(=O)O. The minimum atomic E-state index is -1.18. The summed E-state index contributed by atoms with van der Waals surface area (Å²) in [6.07, 6.45) is 2.83. The Balaban J connectivity index is 4.83. The number of nitrogens with one attached hydrogen (secondary N) is 1. The minimum Gasteiger partial charge on any atom is -0.759 e. The van der Waals surface area contributed by atoms with E-state index in [0.717, 1.165) is 25.9 Å². The zero-order chi connectivity index (χ0) is 24.4. The maximum Gasteiger partial charge on any atom is 0.317 e. The molecule has 0 aromatic rings. The number of carboxylic acid groups (broad SMARTS) is 3. The molecule has 0 heterocycles. The fraction of sp³-hybridized carbons (Fsp3) is 0.737. The van der Waals surface area contributed by atoms with Gasteiger partial charge in [0, 0.05) is 32.7 Å². The molecule has 0 spiro atoms. The van der Waals surface area contributed by atoms with Gasteiger partial charge in [-0.05, 0) is 6.42 Å². The highest BCUT2D eigenvalue weighted by atomic mass is 17.1. The predicted octanol–water partition coefficient (Wildman–Crippen LogP) is -2.09. The summed E-state index contributed by atoms with van der Waals surface area (Å²) < 4.78 is 0. The molecule has 13 heteroatoms. The molecule has 0 fully saturated rings. The highest BCUT2D eigenvalue weighted by Crippen LogP contribution is 1.98. The first-order chi connectivity index (χ1) is 15.2. The largest absolute Gasteiger partial charge is 0.759 e. The lowest BCUT2D eigenvalue weighted by Gasteiger charge is -2.33. The van der Waals surface area contributed by atoms with Crippen molar-refractivity contribution in [3.05, 3.63) is 6.61 Å². The number of aliphatic carboxylic acids is 3. The van der Waals surface area contributed by atoms with Crippen LogP contribution in [-0.4, -0.2) is 119 Å². The fourth-order valence-corrected chi connectivity index (χ4v) is 2.86. The number of nitrogens with zero attached hydrogens (tertiary/aromatic N) is 3. The second-order valence-electron chi connectivity index (χ2n) is 7.22. The summed E-state index contributed by atoms with van der Waals surface area (Å²) in [4.78, 5) is 53.1. The van der Waals surface area contributed by atoms with Crippen LogP contribution in [0.3, 0.4) is 0 Å². The Morgan fingerprint density at radius 1 is 0.812 bits per heavy atom. The predicted molar refractivity (Wildman–Crippen MR) is 110 cm³/mol. The third-order valence-corrected chi connectivity index (χ3v) is 4.41. The van der Waals surface area contributed by atoms with Gasteiger partial charge in [0.25, 0.3) is 0 Å². The van der Waals surface area contributed by atoms with Gasteiger partial charge in [-0.2, -0.15) is 0 Å². The smallest absolute Gasteiger partial charge is 0.317 e. The summed E-state index contributed by atoms with van der Waals surface area (Å²) >= 11 is 0. The third-order valence-electron chi connectivity index (χ3n) is 4.41. The van der Waals surface area contributed by atoms with Gasteiger partial charge in [-0.25, -0.2) is 6.61 Å². The van der Waals surface area contributed by atoms with Crippen LogP contribution in [-0.2, 0) is 24.1 Å². The quantitative estimate of drug-likeness (QED) is 0.0632. The summed E-state index contributed by atoms with van der Waals surface area (Å²) in [5.41, 5.74) is 0. The highest BCUT2D eigenvalue weighted by molar-refractivity contribution is 5.79. The topological polar surface area (TPSA) is 183 Å². The standard InChI is InChI=1S/C19H35N4O9/c1-2-3-4-5-20-16(24)12-22(13-17(25)26)8-6-21(10-11-32-31)7-9-23(14-18(27)28)15-19(29)30/h11,31H,2-10,12-15H2,1H3,(H,20,24)(H,25,26)(H,27,28)(H,29,30)/q-1/p-1. The molecule has 0 aliphatic heterocycles. The molecule has 0 atom stereocenters. The van der Waals surface area contributed by atoms with E-state index in [2.05, 4.69) is 10.2 Å². The second-order valence-corrected chi connectivity index (χ2v) is 7.22. The van der Waals surface area contributed by atoms with Crippen molar-refractivity contribution in [1.82, 2.24) is 20.0 Å². The average Bonchev–Trinajstić information content (AvgIpc) is 2.69. The Bertz CT molecular complexity index is 561. The highest BCUT2D eigenvalue weighted by Gasteiger charge is 2.17. The Morgan fingerprint density at radius 2 is 1.28 bits per heavy atom. The molecule has 1 amide bonds. The first-order valence-corrected chi connectivity index (χ1v) is 10.4. The van der Waals surface area contributed by atoms with E-state index in [1.807, 2.05) is 6.92 Å². The molecule has 0 bridgehead atoms. The van der Waals surface area contributed by atoms with E-state index in [9.17, 15) is 24.4 Å². The average molecular weight is 463 g/mol. The Labute approximate surface area is 187 Å². The molecule has 0 unspecified atom stereocenters. The molecule has 0 aliphatic rings. The molecule has 0 aromatic heterocycles. The molecule has 0 rings (SSSR count). The maximum atomic E-state index is 12.1. The van der Waals surface area contributed by atoms with E-state index in [1.165, 1.54) is 9.80 Å². The van der Waals surface area contributed by atoms with Crippen LogP contribution in [0.5, 0.6) is 0 Å². The van der Waals surface area contributed by atoms with Gasteiger partial charge in [0.2, 0.25) is 5.91 Å². The van der Waals surface area contributed by atoms with Crippen molar-refractivity contribution in [2.75, 3.05) is 65.4 Å². The molecule has 0 saturated heterocycles. The number of amides is 1. The first kappa shape index (κ1) is 29.7. The van der Waals surface area contributed by atoms with Gasteiger partial charge in [0.15, 0.2) is 0 Å². The molecule has 32 heavy (non-hydrogen) atoms. The molecule has 0 aromatic carbocycles. The van der Waals surface area contributed by atoms with Crippen LogP contribution in [0.15, 0.2) is 0 Å². The third kappa shape index (κ3) is 17.4. The summed E-state index contributed by atoms with van der Waals surface area (Å²) in [6.45, 7) is 2.88. The first-order valence-electron chi connectivity index (χ1n) is 10.4. The molecular weight excluding hydrogens is 428 g/mol. The number of unbranched alkanes of at least 4 members (excludes halogenated alkanes) is 2. The van der Waals surface area contributed by atoms with Crippen molar-refractivity contribution >= 4 is 23.8 Å². The lowest BCUT2D eigenvalue weighted by molar-refractivity contribution is -0.675. The zero-order valence-electron chi connectivity index (χ0n) is 18.4. The van der Waals surface area contributed by atoms with Crippen LogP contribution in [0.25, 0.3) is 0 Å². The number of carbonyl (C=O) groups is 4. The monoisotopic (exact) mass is 462 g/mol. The van der Waals surface area contributed by atoms with E-state index in [0.29, 0.717) is 6.54 Å². The van der Waals surface area contributed by atoms with Gasteiger partial charge >= 0.3 is 17.9 Å². The van der Waals surface area contributed by atoms with Crippen molar-refractivity contribution in [3.8, 4) is 0 Å². The van der Waals surface area contributed by atoms with Gasteiger partial charge in [-0.15, -0.1) is 6.54 Å². The number of carbonyl (C=O) groups excluding carboxylic acids is 1. The zero-order valence-corrected chi connectivity index (χ0v) is 18.4. The second kappa shape index (κ2) is 18.3. The number of hydrogen-bond acceptors (Lipinski definition) is 9. The number of hydrogen-bond donors (Lipinski definition) is 4. The van der Waals surface area contributed by atoms with Crippen molar-refractivity contribution in [3.63, 3.8) is 0 Å². The van der Waals surface area contributed by atoms with Crippen LogP contribution < -0.4 is 10.6 Å². The normalized spacial score (nSPS) is 11.3. The molecule has 0 radical (unpaired) electrons. The van der Waals surface area contributed by atoms with Crippen LogP contribution in [0.1, 0.15) is 26.2 Å². The van der Waals surface area contributed by atoms with Gasteiger partial charge in [-0.1, -0.05) is 19.8 Å². The van der Waals surface area contributed by atoms with E-state index >= 15 is 0 Å². The van der Waals surface area contributed by atoms with Gasteiger partial charge in [-0.3, -0.25) is 29.0 Å². The van der Waals surface area contributed by atoms with Gasteiger partial charge in [0.1, 0.15) is 0 Å². The van der Waals surface area contributed by atoms with Crippen LogP contribution in [0, 0.1) is 6.61 Å². The van der Waals surface area contributed by atoms with Crippen LogP contribution in [0.4, 0.5) is 0 Å². The maximum absolute atomic E-state index is 12.1. The Hall–Kier alpha value is -2.32. The molecule has 0 saturated carbocycles. The van der Waals surface area contributed by atoms with E-state index in [-0.39, 0.29) is 51.7 Å². The van der Waals surface area contributed by atoms with Crippen molar-refractivity contribution < 1.29 is 44.6 Å². The number of carboxylic acids is 3. The minimum absolute atomic E-state index is 0.0572. The van der Waals surface area contributed by atoms with E-state index in [4.69, 9.17) is 15.3 Å². The Kier molecular flexibility index (Phi) is 16.9. The molecule has 186 valence electrons. The fourth-order valence-electron chi connectivity index (χ4n) is 2.86. The Morgan fingerprint density at radius 3 is 1.72 bits per heavy atom. The summed E-state index contributed by atoms with van der Waals surface area (Å²) in [7, 11) is 0. The van der Waals surface area contributed by atoms with E-state index in [1.54, 1.807) is 4.90 Å². The molecule has 13 nitrogen and oxygen atoms in total. The van der Waals surface area contributed by atoms with Gasteiger partial charge in [0.05, 0.1) is 26.2 Å².